The Balaban J connectivity index is 1.45. The summed E-state index contributed by atoms with van der Waals surface area (Å²) in [6.45, 7) is 0.645. The first-order chi connectivity index (χ1) is 14.6. The lowest BCUT2D eigenvalue weighted by Gasteiger charge is -2.27. The van der Waals surface area contributed by atoms with Gasteiger partial charge in [0, 0.05) is 24.4 Å². The van der Waals surface area contributed by atoms with Crippen LogP contribution in [0.1, 0.15) is 43.2 Å². The molecule has 2 aromatic rings. The molecule has 0 spiro atoms. The van der Waals surface area contributed by atoms with Gasteiger partial charge in [0.25, 0.3) is 0 Å². The van der Waals surface area contributed by atoms with Gasteiger partial charge in [-0.2, -0.15) is 0 Å². The van der Waals surface area contributed by atoms with Gasteiger partial charge in [0.1, 0.15) is 11.6 Å². The molecule has 1 atom stereocenters. The standard InChI is InChI=1S/C24H27FN2O3/c1-29-20-12-10-17(11-13-20)23-14-21(30-26-23)16-27(24(28)18-6-2-3-7-18)15-19-8-4-5-9-22(19)25/h4-5,8-13,18,21H,2-3,6-7,14-16H2,1H3. The van der Waals surface area contributed by atoms with E-state index in [4.69, 9.17) is 9.57 Å². The molecule has 0 aromatic heterocycles. The molecular weight excluding hydrogens is 383 g/mol. The van der Waals surface area contributed by atoms with Gasteiger partial charge in [0.05, 0.1) is 19.4 Å². The van der Waals surface area contributed by atoms with Crippen molar-refractivity contribution in [1.82, 2.24) is 4.90 Å². The first-order valence-corrected chi connectivity index (χ1v) is 10.5. The average Bonchev–Trinajstić information content (AvgIpc) is 3.47. The monoisotopic (exact) mass is 410 g/mol. The van der Waals surface area contributed by atoms with Crippen LogP contribution in [0.4, 0.5) is 4.39 Å². The highest BCUT2D eigenvalue weighted by Crippen LogP contribution is 2.28. The molecule has 1 aliphatic heterocycles. The molecule has 0 bridgehead atoms. The van der Waals surface area contributed by atoms with Crippen LogP contribution in [0.2, 0.25) is 0 Å². The van der Waals surface area contributed by atoms with Crippen molar-refractivity contribution in [3.05, 3.63) is 65.5 Å². The Kier molecular flexibility index (Phi) is 6.31. The third-order valence-electron chi connectivity index (χ3n) is 5.92. The van der Waals surface area contributed by atoms with Gasteiger partial charge < -0.3 is 14.5 Å². The van der Waals surface area contributed by atoms with Gasteiger partial charge in [-0.05, 0) is 48.7 Å². The van der Waals surface area contributed by atoms with E-state index in [1.807, 2.05) is 24.3 Å². The number of nitrogens with zero attached hydrogens (tertiary/aromatic N) is 2. The molecule has 2 aromatic carbocycles. The number of amides is 1. The molecule has 0 N–H and O–H groups in total. The number of carbonyl (C=O) groups is 1. The molecule has 0 saturated heterocycles. The fourth-order valence-electron chi connectivity index (χ4n) is 4.22. The predicted molar refractivity (Wildman–Crippen MR) is 113 cm³/mol. The van der Waals surface area contributed by atoms with Crippen LogP contribution in [0.3, 0.4) is 0 Å². The second kappa shape index (κ2) is 9.28. The maximum atomic E-state index is 14.2. The number of methoxy groups -OCH3 is 1. The van der Waals surface area contributed by atoms with Crippen molar-refractivity contribution in [3.63, 3.8) is 0 Å². The Labute approximate surface area is 176 Å². The van der Waals surface area contributed by atoms with E-state index in [9.17, 15) is 9.18 Å². The van der Waals surface area contributed by atoms with Gasteiger partial charge in [-0.25, -0.2) is 4.39 Å². The fourth-order valence-corrected chi connectivity index (χ4v) is 4.22. The molecule has 30 heavy (non-hydrogen) atoms. The first-order valence-electron chi connectivity index (χ1n) is 10.5. The number of benzene rings is 2. The number of carbonyl (C=O) groups excluding carboxylic acids is 1. The van der Waals surface area contributed by atoms with Crippen molar-refractivity contribution in [3.8, 4) is 5.75 Å². The van der Waals surface area contributed by atoms with Crippen LogP contribution >= 0.6 is 0 Å². The molecule has 2 aliphatic rings. The topological polar surface area (TPSA) is 51.1 Å². The van der Waals surface area contributed by atoms with Gasteiger partial charge in [-0.15, -0.1) is 0 Å². The highest BCUT2D eigenvalue weighted by molar-refractivity contribution is 6.01. The zero-order valence-electron chi connectivity index (χ0n) is 17.2. The van der Waals surface area contributed by atoms with Crippen LogP contribution in [-0.2, 0) is 16.2 Å². The molecule has 6 heteroatoms. The summed E-state index contributed by atoms with van der Waals surface area (Å²) in [7, 11) is 1.63. The van der Waals surface area contributed by atoms with Crippen LogP contribution in [0.5, 0.6) is 5.75 Å². The Hall–Kier alpha value is -2.89. The van der Waals surface area contributed by atoms with Crippen LogP contribution in [0.15, 0.2) is 53.7 Å². The molecule has 1 heterocycles. The van der Waals surface area contributed by atoms with Crippen LogP contribution in [0, 0.1) is 11.7 Å². The summed E-state index contributed by atoms with van der Waals surface area (Å²) >= 11 is 0. The largest absolute Gasteiger partial charge is 0.497 e. The zero-order valence-corrected chi connectivity index (χ0v) is 17.2. The third-order valence-corrected chi connectivity index (χ3v) is 5.92. The maximum absolute atomic E-state index is 14.2. The first kappa shape index (κ1) is 20.4. The van der Waals surface area contributed by atoms with E-state index >= 15 is 0 Å². The summed E-state index contributed by atoms with van der Waals surface area (Å²) in [5.74, 6) is 0.620. The summed E-state index contributed by atoms with van der Waals surface area (Å²) in [5, 5.41) is 4.24. The number of halogens is 1. The van der Waals surface area contributed by atoms with Crippen molar-refractivity contribution >= 4 is 11.6 Å². The lowest BCUT2D eigenvalue weighted by molar-refractivity contribution is -0.137. The zero-order chi connectivity index (χ0) is 20.9. The second-order valence-corrected chi connectivity index (χ2v) is 7.99. The Bertz CT molecular complexity index is 907. The summed E-state index contributed by atoms with van der Waals surface area (Å²) in [5.41, 5.74) is 2.35. The lowest BCUT2D eigenvalue weighted by atomic mass is 10.0. The van der Waals surface area contributed by atoms with Crippen molar-refractivity contribution in [2.24, 2.45) is 11.1 Å². The van der Waals surface area contributed by atoms with Crippen molar-refractivity contribution in [2.45, 2.75) is 44.8 Å². The Morgan fingerprint density at radius 3 is 2.60 bits per heavy atom. The highest BCUT2D eigenvalue weighted by Gasteiger charge is 2.32. The molecule has 1 unspecified atom stereocenters. The number of hydrogen-bond donors (Lipinski definition) is 0. The average molecular weight is 410 g/mol. The van der Waals surface area contributed by atoms with Gasteiger partial charge in [0.2, 0.25) is 5.91 Å². The second-order valence-electron chi connectivity index (χ2n) is 7.99. The molecule has 158 valence electrons. The van der Waals surface area contributed by atoms with Crippen LogP contribution in [0.25, 0.3) is 0 Å². The molecular formula is C24H27FN2O3. The minimum atomic E-state index is -0.288. The van der Waals surface area contributed by atoms with Gasteiger partial charge in [-0.1, -0.05) is 36.2 Å². The summed E-state index contributed by atoms with van der Waals surface area (Å²) in [6.07, 6.45) is 4.35. The van der Waals surface area contributed by atoms with Crippen molar-refractivity contribution in [1.29, 1.82) is 0 Å². The summed E-state index contributed by atoms with van der Waals surface area (Å²) in [6, 6.07) is 14.3. The molecule has 1 amide bonds. The summed E-state index contributed by atoms with van der Waals surface area (Å²) < 4.78 is 19.4. The number of oxime groups is 1. The predicted octanol–water partition coefficient (Wildman–Crippen LogP) is 4.55. The van der Waals surface area contributed by atoms with E-state index in [0.29, 0.717) is 18.5 Å². The number of rotatable bonds is 7. The molecule has 1 aliphatic carbocycles. The molecule has 5 nitrogen and oxygen atoms in total. The number of hydrogen-bond acceptors (Lipinski definition) is 4. The molecule has 0 radical (unpaired) electrons. The maximum Gasteiger partial charge on any atom is 0.226 e. The lowest BCUT2D eigenvalue weighted by Crippen LogP contribution is -2.40. The van der Waals surface area contributed by atoms with Crippen LogP contribution in [-0.4, -0.2) is 36.3 Å². The third kappa shape index (κ3) is 4.64. The normalized spacial score (nSPS) is 18.7. The smallest absolute Gasteiger partial charge is 0.226 e. The van der Waals surface area contributed by atoms with Crippen LogP contribution < -0.4 is 4.74 Å². The van der Waals surface area contributed by atoms with E-state index in [1.165, 1.54) is 6.07 Å². The van der Waals surface area contributed by atoms with Crippen molar-refractivity contribution in [2.75, 3.05) is 13.7 Å². The number of ether oxygens (including phenoxy) is 1. The fraction of sp³-hybridized carbons (Fsp3) is 0.417. The molecule has 4 rings (SSSR count). The van der Waals surface area contributed by atoms with E-state index in [-0.39, 0.29) is 30.3 Å². The van der Waals surface area contributed by atoms with Crippen molar-refractivity contribution < 1.29 is 18.8 Å². The minimum absolute atomic E-state index is 0.0279. The Morgan fingerprint density at radius 2 is 1.90 bits per heavy atom. The SMILES string of the molecule is COc1ccc(C2=NOC(CN(Cc3ccccc3F)C(=O)C3CCCC3)C2)cc1. The van der Waals surface area contributed by atoms with Gasteiger partial charge in [-0.3, -0.25) is 4.79 Å². The molecule has 1 fully saturated rings. The van der Waals surface area contributed by atoms with Gasteiger partial charge >= 0.3 is 0 Å². The van der Waals surface area contributed by atoms with E-state index < -0.39 is 0 Å². The van der Waals surface area contributed by atoms with Gasteiger partial charge in [0.15, 0.2) is 6.10 Å². The molecule has 1 saturated carbocycles. The Morgan fingerprint density at radius 1 is 1.17 bits per heavy atom. The quantitative estimate of drug-likeness (QED) is 0.673. The van der Waals surface area contributed by atoms with E-state index in [1.54, 1.807) is 30.2 Å². The minimum Gasteiger partial charge on any atom is -0.497 e. The van der Waals surface area contributed by atoms with E-state index in [2.05, 4.69) is 5.16 Å². The highest BCUT2D eigenvalue weighted by atomic mass is 19.1. The summed E-state index contributed by atoms with van der Waals surface area (Å²) in [4.78, 5) is 20.6. The van der Waals surface area contributed by atoms with E-state index in [0.717, 1.165) is 42.7 Å².